The molecule has 0 aliphatic carbocycles. The molecule has 1 fully saturated rings. The van der Waals surface area contributed by atoms with Gasteiger partial charge in [0.1, 0.15) is 0 Å². The molecule has 9 nitrogen and oxygen atoms in total. The average Bonchev–Trinajstić information content (AvgIpc) is 3.12. The number of carbonyl (C=O) groups is 3. The molecule has 3 heterocycles. The lowest BCUT2D eigenvalue weighted by atomic mass is 10.0. The van der Waals surface area contributed by atoms with E-state index in [1.54, 1.807) is 41.4 Å². The highest BCUT2D eigenvalue weighted by Crippen LogP contribution is 2.27. The van der Waals surface area contributed by atoms with Crippen molar-refractivity contribution < 1.29 is 19.5 Å². The molecule has 2 aliphatic heterocycles. The predicted octanol–water partition coefficient (Wildman–Crippen LogP) is 2.42. The summed E-state index contributed by atoms with van der Waals surface area (Å²) < 4.78 is 0. The van der Waals surface area contributed by atoms with Gasteiger partial charge in [-0.15, -0.1) is 0 Å². The lowest BCUT2D eigenvalue weighted by molar-refractivity contribution is -0.140. The number of rotatable bonds is 8. The lowest BCUT2D eigenvalue weighted by Gasteiger charge is -2.28. The Morgan fingerprint density at radius 2 is 1.89 bits per heavy atom. The molecule has 1 saturated heterocycles. The molecule has 1 N–H and O–H groups in total. The topological polar surface area (TPSA) is 97.3 Å². The molecule has 0 radical (unpaired) electrons. The van der Waals surface area contributed by atoms with Crippen LogP contribution >= 0.6 is 0 Å². The van der Waals surface area contributed by atoms with E-state index >= 15 is 0 Å². The Hall–Kier alpha value is -3.46. The summed E-state index contributed by atoms with van der Waals surface area (Å²) >= 11 is 0. The summed E-state index contributed by atoms with van der Waals surface area (Å²) in [6, 6.07) is 9.08. The molecule has 0 spiro atoms. The Morgan fingerprint density at radius 3 is 2.60 bits per heavy atom. The number of likely N-dealkylation sites (N-methyl/N-ethyl adjacent to an activating group) is 1. The Balaban J connectivity index is 1.37. The number of benzene rings is 1. The van der Waals surface area contributed by atoms with Crippen LogP contribution in [0.4, 0.5) is 10.5 Å². The Labute approximate surface area is 205 Å². The predicted molar refractivity (Wildman–Crippen MR) is 132 cm³/mol. The summed E-state index contributed by atoms with van der Waals surface area (Å²) in [5, 5.41) is 9.33. The first kappa shape index (κ1) is 24.7. The minimum atomic E-state index is -0.990. The number of urea groups is 1. The van der Waals surface area contributed by atoms with Gasteiger partial charge in [0, 0.05) is 64.3 Å². The number of carbonyl (C=O) groups excluding carboxylic acids is 2. The van der Waals surface area contributed by atoms with E-state index in [9.17, 15) is 19.5 Å². The number of fused-ring (bicyclic) bond motifs is 1. The lowest BCUT2D eigenvalue weighted by Crippen LogP contribution is -2.37. The van der Waals surface area contributed by atoms with Gasteiger partial charge >= 0.3 is 12.0 Å². The van der Waals surface area contributed by atoms with E-state index < -0.39 is 12.0 Å². The van der Waals surface area contributed by atoms with E-state index in [0.717, 1.165) is 31.6 Å². The van der Waals surface area contributed by atoms with Gasteiger partial charge in [-0.05, 0) is 54.8 Å². The third-order valence-electron chi connectivity index (χ3n) is 7.02. The Kier molecular flexibility index (Phi) is 7.65. The van der Waals surface area contributed by atoms with Crippen LogP contribution in [0.1, 0.15) is 35.6 Å². The first-order valence-electron chi connectivity index (χ1n) is 12.1. The van der Waals surface area contributed by atoms with Crippen LogP contribution in [0.2, 0.25) is 0 Å². The van der Waals surface area contributed by atoms with Crippen molar-refractivity contribution in [1.82, 2.24) is 19.7 Å². The van der Waals surface area contributed by atoms with Gasteiger partial charge in [-0.1, -0.05) is 12.1 Å². The summed E-state index contributed by atoms with van der Waals surface area (Å²) in [6.07, 6.45) is 5.10. The van der Waals surface area contributed by atoms with Crippen molar-refractivity contribution in [2.24, 2.45) is 0 Å². The van der Waals surface area contributed by atoms with Gasteiger partial charge in [0.2, 0.25) is 5.91 Å². The standard InChI is InChI=1S/C26H33N5O4/c1-28-11-7-19-5-6-22(16-20(19)8-12-28)31-15-14-30(26(31)35)13-9-24(32)29(2)23(17-25(33)34)21-4-3-10-27-18-21/h3-6,10,16,18,23H,7-9,11-15,17H2,1-2H3,(H,33,34). The van der Waals surface area contributed by atoms with E-state index in [2.05, 4.69) is 29.1 Å². The molecule has 4 rings (SSSR count). The van der Waals surface area contributed by atoms with Gasteiger partial charge in [0.25, 0.3) is 0 Å². The second-order valence-electron chi connectivity index (χ2n) is 9.33. The molecule has 1 unspecified atom stereocenters. The van der Waals surface area contributed by atoms with Crippen LogP contribution in [0.5, 0.6) is 0 Å². The molecule has 9 heteroatoms. The van der Waals surface area contributed by atoms with Crippen LogP contribution in [0.15, 0.2) is 42.7 Å². The summed E-state index contributed by atoms with van der Waals surface area (Å²) in [5.41, 5.74) is 4.22. The first-order chi connectivity index (χ1) is 16.8. The van der Waals surface area contributed by atoms with E-state index in [4.69, 9.17) is 0 Å². The van der Waals surface area contributed by atoms with Crippen LogP contribution in [-0.2, 0) is 22.4 Å². The summed E-state index contributed by atoms with van der Waals surface area (Å²) in [4.78, 5) is 48.7. The monoisotopic (exact) mass is 479 g/mol. The van der Waals surface area contributed by atoms with Gasteiger partial charge < -0.3 is 19.8 Å². The van der Waals surface area contributed by atoms with Crippen LogP contribution in [-0.4, -0.2) is 89.5 Å². The maximum absolute atomic E-state index is 13.1. The number of hydrogen-bond acceptors (Lipinski definition) is 5. The van der Waals surface area contributed by atoms with Crippen molar-refractivity contribution in [2.75, 3.05) is 51.7 Å². The minimum Gasteiger partial charge on any atom is -0.481 e. The molecule has 2 aliphatic rings. The quantitative estimate of drug-likeness (QED) is 0.625. The molecule has 1 aromatic heterocycles. The third-order valence-corrected chi connectivity index (χ3v) is 7.02. The second kappa shape index (κ2) is 10.9. The van der Waals surface area contributed by atoms with Gasteiger partial charge in [0.15, 0.2) is 0 Å². The van der Waals surface area contributed by atoms with E-state index in [1.165, 1.54) is 16.0 Å². The van der Waals surface area contributed by atoms with Crippen molar-refractivity contribution in [3.05, 3.63) is 59.4 Å². The van der Waals surface area contributed by atoms with E-state index in [1.807, 2.05) is 6.07 Å². The number of pyridine rings is 1. The number of amides is 3. The summed E-state index contributed by atoms with van der Waals surface area (Å²) in [6.45, 7) is 3.48. The van der Waals surface area contributed by atoms with Crippen molar-refractivity contribution in [3.63, 3.8) is 0 Å². The van der Waals surface area contributed by atoms with Crippen LogP contribution < -0.4 is 4.90 Å². The number of carboxylic acids is 1. The molecular formula is C26H33N5O4. The fourth-order valence-electron chi connectivity index (χ4n) is 4.82. The maximum Gasteiger partial charge on any atom is 0.324 e. The zero-order chi connectivity index (χ0) is 24.9. The largest absolute Gasteiger partial charge is 0.481 e. The van der Waals surface area contributed by atoms with Crippen molar-refractivity contribution in [1.29, 1.82) is 0 Å². The molecular weight excluding hydrogens is 446 g/mol. The van der Waals surface area contributed by atoms with Crippen molar-refractivity contribution in [2.45, 2.75) is 31.7 Å². The fourth-order valence-corrected chi connectivity index (χ4v) is 4.82. The van der Waals surface area contributed by atoms with Crippen LogP contribution in [0, 0.1) is 0 Å². The number of hydrogen-bond donors (Lipinski definition) is 1. The highest BCUT2D eigenvalue weighted by Gasteiger charge is 2.31. The summed E-state index contributed by atoms with van der Waals surface area (Å²) in [7, 11) is 3.74. The second-order valence-corrected chi connectivity index (χ2v) is 9.33. The van der Waals surface area contributed by atoms with Gasteiger partial charge in [-0.3, -0.25) is 19.5 Å². The zero-order valence-electron chi connectivity index (χ0n) is 20.4. The SMILES string of the molecule is CN1CCc2ccc(N3CCN(CCC(=O)N(C)C(CC(=O)O)c4cccnc4)C3=O)cc2CC1. The molecule has 186 valence electrons. The molecule has 1 aromatic carbocycles. The van der Waals surface area contributed by atoms with E-state index in [0.29, 0.717) is 25.2 Å². The molecule has 3 amide bonds. The molecule has 1 atom stereocenters. The maximum atomic E-state index is 13.1. The number of nitrogens with zero attached hydrogens (tertiary/aromatic N) is 5. The van der Waals surface area contributed by atoms with Gasteiger partial charge in [0.05, 0.1) is 12.5 Å². The average molecular weight is 480 g/mol. The third kappa shape index (κ3) is 5.79. The normalized spacial score (nSPS) is 17.1. The summed E-state index contributed by atoms with van der Waals surface area (Å²) in [5.74, 6) is -1.20. The van der Waals surface area contributed by atoms with Crippen LogP contribution in [0.3, 0.4) is 0 Å². The smallest absolute Gasteiger partial charge is 0.324 e. The molecule has 2 aromatic rings. The van der Waals surface area contributed by atoms with Gasteiger partial charge in [-0.2, -0.15) is 0 Å². The number of aromatic nitrogens is 1. The molecule has 0 bridgehead atoms. The Morgan fingerprint density at radius 1 is 1.11 bits per heavy atom. The highest BCUT2D eigenvalue weighted by atomic mass is 16.4. The van der Waals surface area contributed by atoms with Crippen molar-refractivity contribution in [3.8, 4) is 0 Å². The molecule has 35 heavy (non-hydrogen) atoms. The Bertz CT molecular complexity index is 1080. The molecule has 0 saturated carbocycles. The zero-order valence-corrected chi connectivity index (χ0v) is 20.4. The number of aliphatic carboxylic acids is 1. The number of carboxylic acid groups (broad SMARTS) is 1. The fraction of sp³-hybridized carbons (Fsp3) is 0.462. The highest BCUT2D eigenvalue weighted by molar-refractivity contribution is 5.94. The van der Waals surface area contributed by atoms with Gasteiger partial charge in [-0.25, -0.2) is 4.79 Å². The van der Waals surface area contributed by atoms with Crippen LogP contribution in [0.25, 0.3) is 0 Å². The van der Waals surface area contributed by atoms with Crippen molar-refractivity contribution >= 4 is 23.6 Å². The number of anilines is 1. The first-order valence-corrected chi connectivity index (χ1v) is 12.1. The minimum absolute atomic E-state index is 0.0968. The van der Waals surface area contributed by atoms with E-state index in [-0.39, 0.29) is 24.8 Å².